The summed E-state index contributed by atoms with van der Waals surface area (Å²) in [5, 5.41) is 12.2. The van der Waals surface area contributed by atoms with Crippen molar-refractivity contribution in [2.24, 2.45) is 0 Å². The topological polar surface area (TPSA) is 84.6 Å². The number of anilines is 2. The highest BCUT2D eigenvalue weighted by Crippen LogP contribution is 2.33. The second-order valence-corrected chi connectivity index (χ2v) is 6.74. The van der Waals surface area contributed by atoms with E-state index in [0.717, 1.165) is 54.5 Å². The van der Waals surface area contributed by atoms with Crippen molar-refractivity contribution in [3.05, 3.63) is 58.4 Å². The van der Waals surface area contributed by atoms with Crippen molar-refractivity contribution < 1.29 is 9.66 Å². The number of ether oxygens (including phenoxy) is 1. The van der Waals surface area contributed by atoms with Crippen LogP contribution in [-0.4, -0.2) is 48.2 Å². The molecule has 3 heterocycles. The number of methoxy groups -OCH3 is 1. The van der Waals surface area contributed by atoms with Crippen molar-refractivity contribution in [2.75, 3.05) is 43.1 Å². The van der Waals surface area contributed by atoms with Crippen LogP contribution in [0.4, 0.5) is 17.2 Å². The van der Waals surface area contributed by atoms with E-state index in [1.807, 2.05) is 31.2 Å². The largest absolute Gasteiger partial charge is 0.497 e. The smallest absolute Gasteiger partial charge is 0.295 e. The van der Waals surface area contributed by atoms with Crippen LogP contribution in [0.3, 0.4) is 0 Å². The number of aromatic nitrogens is 2. The Hall–Kier alpha value is -3.42. The van der Waals surface area contributed by atoms with E-state index in [9.17, 15) is 10.1 Å². The van der Waals surface area contributed by atoms with Crippen LogP contribution in [0, 0.1) is 17.0 Å². The number of non-ortho nitro benzene ring substituents is 1. The summed E-state index contributed by atoms with van der Waals surface area (Å²) >= 11 is 0. The van der Waals surface area contributed by atoms with Crippen molar-refractivity contribution in [1.82, 2.24) is 9.97 Å². The number of hydrogen-bond donors (Lipinski definition) is 0. The first kappa shape index (κ1) is 18.0. The maximum Gasteiger partial charge on any atom is 0.295 e. The van der Waals surface area contributed by atoms with Crippen LogP contribution >= 0.6 is 0 Å². The summed E-state index contributed by atoms with van der Waals surface area (Å²) in [7, 11) is 1.65. The molecule has 0 unspecified atom stereocenters. The fourth-order valence-electron chi connectivity index (χ4n) is 3.62. The normalized spacial score (nSPS) is 14.4. The van der Waals surface area contributed by atoms with Gasteiger partial charge in [-0.3, -0.25) is 10.1 Å². The predicted molar refractivity (Wildman–Crippen MR) is 108 cm³/mol. The van der Waals surface area contributed by atoms with Crippen LogP contribution in [0.25, 0.3) is 10.9 Å². The molecule has 8 heteroatoms. The number of nitro groups is 1. The maximum atomic E-state index is 11.4. The zero-order valence-corrected chi connectivity index (χ0v) is 15.8. The van der Waals surface area contributed by atoms with Gasteiger partial charge in [-0.15, -0.1) is 0 Å². The van der Waals surface area contributed by atoms with Gasteiger partial charge in [-0.2, -0.15) is 0 Å². The molecule has 0 bridgehead atoms. The minimum Gasteiger partial charge on any atom is -0.497 e. The number of rotatable bonds is 4. The van der Waals surface area contributed by atoms with Gasteiger partial charge in [0.15, 0.2) is 5.52 Å². The van der Waals surface area contributed by atoms with Crippen LogP contribution < -0.4 is 14.5 Å². The predicted octanol–water partition coefficient (Wildman–Crippen LogP) is 3.18. The van der Waals surface area contributed by atoms with E-state index in [2.05, 4.69) is 19.8 Å². The van der Waals surface area contributed by atoms with Crippen LogP contribution in [0.5, 0.6) is 5.75 Å². The van der Waals surface area contributed by atoms with Crippen molar-refractivity contribution in [3.63, 3.8) is 0 Å². The summed E-state index contributed by atoms with van der Waals surface area (Å²) in [5.41, 5.74) is 2.25. The molecule has 1 aliphatic heterocycles. The molecule has 0 atom stereocenters. The Morgan fingerprint density at radius 1 is 1.11 bits per heavy atom. The third-order valence-electron chi connectivity index (χ3n) is 5.02. The summed E-state index contributed by atoms with van der Waals surface area (Å²) in [6, 6.07) is 10.9. The highest BCUT2D eigenvalue weighted by molar-refractivity contribution is 5.97. The Balaban J connectivity index is 1.62. The second-order valence-electron chi connectivity index (χ2n) is 6.74. The Labute approximate surface area is 162 Å². The first-order valence-electron chi connectivity index (χ1n) is 9.11. The lowest BCUT2D eigenvalue weighted by Gasteiger charge is -2.37. The molecule has 144 valence electrons. The molecule has 1 fully saturated rings. The van der Waals surface area contributed by atoms with Crippen molar-refractivity contribution >= 4 is 28.1 Å². The summed E-state index contributed by atoms with van der Waals surface area (Å²) in [6.45, 7) is 5.06. The number of nitrogens with zero attached hydrogens (tertiary/aromatic N) is 5. The van der Waals surface area contributed by atoms with Crippen molar-refractivity contribution in [2.45, 2.75) is 6.92 Å². The van der Waals surface area contributed by atoms with Crippen LogP contribution in [-0.2, 0) is 0 Å². The zero-order valence-electron chi connectivity index (χ0n) is 15.8. The molecule has 0 amide bonds. The molecule has 1 saturated heterocycles. The fourth-order valence-corrected chi connectivity index (χ4v) is 3.62. The molecule has 1 aliphatic rings. The molecule has 3 aromatic rings. The molecule has 0 N–H and O–H groups in total. The van der Waals surface area contributed by atoms with Crippen LogP contribution in [0.1, 0.15) is 5.69 Å². The molecular weight excluding hydrogens is 358 g/mol. The number of pyridine rings is 2. The van der Waals surface area contributed by atoms with Gasteiger partial charge in [-0.1, -0.05) is 12.1 Å². The summed E-state index contributed by atoms with van der Waals surface area (Å²) in [4.78, 5) is 24.4. The lowest BCUT2D eigenvalue weighted by Crippen LogP contribution is -2.47. The molecular formula is C20H21N5O3. The third kappa shape index (κ3) is 3.28. The molecule has 1 aromatic carbocycles. The lowest BCUT2D eigenvalue weighted by molar-refractivity contribution is -0.383. The van der Waals surface area contributed by atoms with E-state index in [0.29, 0.717) is 5.52 Å². The van der Waals surface area contributed by atoms with E-state index < -0.39 is 0 Å². The van der Waals surface area contributed by atoms with Gasteiger partial charge in [0.1, 0.15) is 11.6 Å². The van der Waals surface area contributed by atoms with Gasteiger partial charge in [-0.25, -0.2) is 9.97 Å². The molecule has 0 aliphatic carbocycles. The quantitative estimate of drug-likeness (QED) is 0.508. The average molecular weight is 379 g/mol. The monoisotopic (exact) mass is 379 g/mol. The molecule has 0 spiro atoms. The van der Waals surface area contributed by atoms with Crippen LogP contribution in [0.2, 0.25) is 0 Å². The SMILES string of the molecule is COc1ccnc(N2CCN(c3cc(C)nc4c([N+](=O)[O-])cccc34)CC2)c1. The first-order valence-corrected chi connectivity index (χ1v) is 9.11. The van der Waals surface area contributed by atoms with Gasteiger partial charge in [0, 0.05) is 61.3 Å². The first-order chi connectivity index (χ1) is 13.6. The number of piperazine rings is 1. The maximum absolute atomic E-state index is 11.4. The van der Waals surface area contributed by atoms with E-state index in [1.54, 1.807) is 19.4 Å². The van der Waals surface area contributed by atoms with Gasteiger partial charge < -0.3 is 14.5 Å². The highest BCUT2D eigenvalue weighted by Gasteiger charge is 2.23. The van der Waals surface area contributed by atoms with E-state index in [1.165, 1.54) is 6.07 Å². The van der Waals surface area contributed by atoms with Crippen LogP contribution in [0.15, 0.2) is 42.6 Å². The average Bonchev–Trinajstić information content (AvgIpc) is 2.72. The Morgan fingerprint density at radius 2 is 1.86 bits per heavy atom. The minimum atomic E-state index is -0.370. The van der Waals surface area contributed by atoms with Gasteiger partial charge in [0.2, 0.25) is 0 Å². The van der Waals surface area contributed by atoms with Crippen molar-refractivity contribution in [1.29, 1.82) is 0 Å². The Bertz CT molecular complexity index is 1030. The molecule has 0 saturated carbocycles. The Morgan fingerprint density at radius 3 is 2.57 bits per heavy atom. The summed E-state index contributed by atoms with van der Waals surface area (Å²) in [6.07, 6.45) is 1.75. The number of fused-ring (bicyclic) bond motifs is 1. The summed E-state index contributed by atoms with van der Waals surface area (Å²) < 4.78 is 5.29. The third-order valence-corrected chi connectivity index (χ3v) is 5.02. The summed E-state index contributed by atoms with van der Waals surface area (Å²) in [5.74, 6) is 1.68. The molecule has 2 aromatic heterocycles. The highest BCUT2D eigenvalue weighted by atomic mass is 16.6. The molecule has 0 radical (unpaired) electrons. The number of hydrogen-bond acceptors (Lipinski definition) is 7. The number of para-hydroxylation sites is 1. The standard InChI is InChI=1S/C20H21N5O3/c1-14-12-18(16-4-3-5-17(25(26)27)20(16)22-14)23-8-10-24(11-9-23)19-13-15(28-2)6-7-21-19/h3-7,12-13H,8-11H2,1-2H3. The van der Waals surface area contributed by atoms with Gasteiger partial charge >= 0.3 is 0 Å². The van der Waals surface area contributed by atoms with E-state index in [-0.39, 0.29) is 10.6 Å². The lowest BCUT2D eigenvalue weighted by atomic mass is 10.1. The van der Waals surface area contributed by atoms with E-state index in [4.69, 9.17) is 4.74 Å². The fraction of sp³-hybridized carbons (Fsp3) is 0.300. The molecule has 8 nitrogen and oxygen atoms in total. The second kappa shape index (κ2) is 7.30. The number of aryl methyl sites for hydroxylation is 1. The number of nitro benzene ring substituents is 1. The Kier molecular flexibility index (Phi) is 4.68. The molecule has 4 rings (SSSR count). The van der Waals surface area contributed by atoms with Gasteiger partial charge in [-0.05, 0) is 19.1 Å². The van der Waals surface area contributed by atoms with E-state index >= 15 is 0 Å². The van der Waals surface area contributed by atoms with Crippen molar-refractivity contribution in [3.8, 4) is 5.75 Å². The number of benzene rings is 1. The minimum absolute atomic E-state index is 0.0432. The molecule has 28 heavy (non-hydrogen) atoms. The zero-order chi connectivity index (χ0) is 19.7. The van der Waals surface area contributed by atoms with Gasteiger partial charge in [0.25, 0.3) is 5.69 Å². The van der Waals surface area contributed by atoms with Gasteiger partial charge in [0.05, 0.1) is 12.0 Å².